The van der Waals surface area contributed by atoms with Crippen LogP contribution >= 0.6 is 15.9 Å². The van der Waals surface area contributed by atoms with Gasteiger partial charge >= 0.3 is 0 Å². The Labute approximate surface area is 115 Å². The first kappa shape index (κ1) is 13.2. The minimum Gasteiger partial charge on any atom is -0.347 e. The van der Waals surface area contributed by atoms with Gasteiger partial charge < -0.3 is 9.88 Å². The standard InChI is InChI=1S/C13H16BrN3O/c1-2-17-8-10(14)6-12(17)13(18)16-11-5-3-4-9(11)7-15/h6,8-9,11H,2-5H2,1H3,(H,16,18). The van der Waals surface area contributed by atoms with E-state index in [0.717, 1.165) is 30.3 Å². The smallest absolute Gasteiger partial charge is 0.268 e. The van der Waals surface area contributed by atoms with E-state index in [2.05, 4.69) is 27.3 Å². The number of nitriles is 1. The van der Waals surface area contributed by atoms with Crippen molar-refractivity contribution in [2.45, 2.75) is 38.8 Å². The lowest BCUT2D eigenvalue weighted by Gasteiger charge is -2.16. The lowest BCUT2D eigenvalue weighted by Crippen LogP contribution is -2.37. The van der Waals surface area contributed by atoms with Gasteiger partial charge in [0, 0.05) is 23.3 Å². The summed E-state index contributed by atoms with van der Waals surface area (Å²) < 4.78 is 2.80. The van der Waals surface area contributed by atoms with Gasteiger partial charge in [-0.05, 0) is 48.2 Å². The molecule has 0 spiro atoms. The maximum atomic E-state index is 12.2. The Bertz CT molecular complexity index is 489. The fourth-order valence-corrected chi connectivity index (χ4v) is 2.92. The summed E-state index contributed by atoms with van der Waals surface area (Å²) in [5.74, 6) is -0.128. The van der Waals surface area contributed by atoms with Crippen LogP contribution in [0.1, 0.15) is 36.7 Å². The van der Waals surface area contributed by atoms with Crippen LogP contribution in [0.25, 0.3) is 0 Å². The van der Waals surface area contributed by atoms with Gasteiger partial charge in [-0.3, -0.25) is 4.79 Å². The van der Waals surface area contributed by atoms with Crippen molar-refractivity contribution in [3.63, 3.8) is 0 Å². The monoisotopic (exact) mass is 309 g/mol. The Hall–Kier alpha value is -1.28. The molecular formula is C13H16BrN3O. The average Bonchev–Trinajstić information content (AvgIpc) is 2.94. The van der Waals surface area contributed by atoms with Crippen molar-refractivity contribution in [2.24, 2.45) is 5.92 Å². The zero-order chi connectivity index (χ0) is 13.1. The molecule has 1 saturated carbocycles. The molecular weight excluding hydrogens is 294 g/mol. The van der Waals surface area contributed by atoms with Crippen molar-refractivity contribution in [1.29, 1.82) is 5.26 Å². The molecule has 5 heteroatoms. The maximum Gasteiger partial charge on any atom is 0.268 e. The molecule has 1 aromatic heterocycles. The Morgan fingerprint density at radius 2 is 2.44 bits per heavy atom. The second-order valence-electron chi connectivity index (χ2n) is 4.58. The molecule has 0 radical (unpaired) electrons. The SMILES string of the molecule is CCn1cc(Br)cc1C(=O)NC1CCCC1C#N. The number of hydrogen-bond donors (Lipinski definition) is 1. The molecule has 2 unspecified atom stereocenters. The van der Waals surface area contributed by atoms with Crippen LogP contribution in [0.4, 0.5) is 0 Å². The third-order valence-electron chi connectivity index (χ3n) is 3.43. The molecule has 4 nitrogen and oxygen atoms in total. The van der Waals surface area contributed by atoms with E-state index in [-0.39, 0.29) is 17.9 Å². The van der Waals surface area contributed by atoms with Crippen molar-refractivity contribution in [3.8, 4) is 6.07 Å². The summed E-state index contributed by atoms with van der Waals surface area (Å²) in [6, 6.07) is 4.09. The lowest BCUT2D eigenvalue weighted by molar-refractivity contribution is 0.0923. The summed E-state index contributed by atoms with van der Waals surface area (Å²) in [4.78, 5) is 12.2. The molecule has 1 aliphatic rings. The van der Waals surface area contributed by atoms with E-state index in [1.165, 1.54) is 0 Å². The van der Waals surface area contributed by atoms with Crippen LogP contribution in [0.3, 0.4) is 0 Å². The van der Waals surface area contributed by atoms with Crippen LogP contribution in [0.5, 0.6) is 0 Å². The van der Waals surface area contributed by atoms with Gasteiger partial charge in [0.05, 0.1) is 12.0 Å². The first-order valence-electron chi connectivity index (χ1n) is 6.22. The largest absolute Gasteiger partial charge is 0.347 e. The average molecular weight is 310 g/mol. The van der Waals surface area contributed by atoms with Gasteiger partial charge in [-0.15, -0.1) is 0 Å². The van der Waals surface area contributed by atoms with Gasteiger partial charge in [0.15, 0.2) is 0 Å². The number of nitrogens with zero attached hydrogens (tertiary/aromatic N) is 2. The van der Waals surface area contributed by atoms with Crippen LogP contribution in [0, 0.1) is 17.2 Å². The second-order valence-corrected chi connectivity index (χ2v) is 5.49. The number of halogens is 1. The van der Waals surface area contributed by atoms with Gasteiger partial charge in [-0.2, -0.15) is 5.26 Å². The fraction of sp³-hybridized carbons (Fsp3) is 0.538. The molecule has 0 saturated heterocycles. The Kier molecular flexibility index (Phi) is 4.07. The van der Waals surface area contributed by atoms with E-state index >= 15 is 0 Å². The zero-order valence-electron chi connectivity index (χ0n) is 10.3. The number of rotatable bonds is 3. The van der Waals surface area contributed by atoms with E-state index in [4.69, 9.17) is 5.26 Å². The topological polar surface area (TPSA) is 57.8 Å². The number of amides is 1. The van der Waals surface area contributed by atoms with Gasteiger partial charge in [0.2, 0.25) is 0 Å². The van der Waals surface area contributed by atoms with Crippen LogP contribution in [0.2, 0.25) is 0 Å². The lowest BCUT2D eigenvalue weighted by atomic mass is 10.1. The van der Waals surface area contributed by atoms with Crippen molar-refractivity contribution in [2.75, 3.05) is 0 Å². The fourth-order valence-electron chi connectivity index (χ4n) is 2.46. The van der Waals surface area contributed by atoms with Crippen LogP contribution in [-0.2, 0) is 6.54 Å². The van der Waals surface area contributed by atoms with Crippen molar-refractivity contribution in [3.05, 3.63) is 22.4 Å². The molecule has 1 aliphatic carbocycles. The Morgan fingerprint density at radius 1 is 1.67 bits per heavy atom. The summed E-state index contributed by atoms with van der Waals surface area (Å²) in [6.07, 6.45) is 4.70. The highest BCUT2D eigenvalue weighted by Crippen LogP contribution is 2.25. The highest BCUT2D eigenvalue weighted by molar-refractivity contribution is 9.10. The minimum absolute atomic E-state index is 0.00137. The molecule has 1 amide bonds. The molecule has 1 N–H and O–H groups in total. The zero-order valence-corrected chi connectivity index (χ0v) is 11.9. The van der Waals surface area contributed by atoms with Crippen molar-refractivity contribution in [1.82, 2.24) is 9.88 Å². The molecule has 0 aromatic carbocycles. The van der Waals surface area contributed by atoms with Crippen LogP contribution in [0.15, 0.2) is 16.7 Å². The Balaban J connectivity index is 2.10. The molecule has 18 heavy (non-hydrogen) atoms. The predicted molar refractivity (Wildman–Crippen MR) is 72.0 cm³/mol. The van der Waals surface area contributed by atoms with E-state index in [1.807, 2.05) is 23.8 Å². The van der Waals surface area contributed by atoms with Gasteiger partial charge in [-0.1, -0.05) is 0 Å². The van der Waals surface area contributed by atoms with Gasteiger partial charge in [0.25, 0.3) is 5.91 Å². The van der Waals surface area contributed by atoms with Crippen LogP contribution < -0.4 is 5.32 Å². The minimum atomic E-state index is -0.0882. The number of aryl methyl sites for hydroxylation is 1. The summed E-state index contributed by atoms with van der Waals surface area (Å²) in [7, 11) is 0. The maximum absolute atomic E-state index is 12.2. The predicted octanol–water partition coefficient (Wildman–Crippen LogP) is 2.69. The number of carbonyl (C=O) groups excluding carboxylic acids is 1. The molecule has 2 atom stereocenters. The third kappa shape index (κ3) is 2.59. The third-order valence-corrected chi connectivity index (χ3v) is 3.87. The summed E-state index contributed by atoms with van der Waals surface area (Å²) >= 11 is 3.38. The van der Waals surface area contributed by atoms with Crippen molar-refractivity contribution >= 4 is 21.8 Å². The van der Waals surface area contributed by atoms with Gasteiger partial charge in [-0.25, -0.2) is 0 Å². The first-order chi connectivity index (χ1) is 8.65. The molecule has 1 aromatic rings. The normalized spacial score (nSPS) is 22.7. The summed E-state index contributed by atoms with van der Waals surface area (Å²) in [6.45, 7) is 2.75. The van der Waals surface area contributed by atoms with E-state index in [9.17, 15) is 4.79 Å². The summed E-state index contributed by atoms with van der Waals surface area (Å²) in [5.41, 5.74) is 0.646. The highest BCUT2D eigenvalue weighted by Gasteiger charge is 2.29. The second kappa shape index (κ2) is 5.57. The van der Waals surface area contributed by atoms with Gasteiger partial charge in [0.1, 0.15) is 5.69 Å². The number of carbonyl (C=O) groups is 1. The van der Waals surface area contributed by atoms with E-state index in [1.54, 1.807) is 0 Å². The number of aromatic nitrogens is 1. The molecule has 0 bridgehead atoms. The highest BCUT2D eigenvalue weighted by atomic mass is 79.9. The van der Waals surface area contributed by atoms with E-state index < -0.39 is 0 Å². The van der Waals surface area contributed by atoms with Crippen molar-refractivity contribution < 1.29 is 4.79 Å². The molecule has 0 aliphatic heterocycles. The van der Waals surface area contributed by atoms with Crippen LogP contribution in [-0.4, -0.2) is 16.5 Å². The quantitative estimate of drug-likeness (QED) is 0.933. The molecule has 1 heterocycles. The molecule has 2 rings (SSSR count). The molecule has 1 fully saturated rings. The Morgan fingerprint density at radius 3 is 3.11 bits per heavy atom. The molecule has 96 valence electrons. The summed E-state index contributed by atoms with van der Waals surface area (Å²) in [5, 5.41) is 12.0. The first-order valence-corrected chi connectivity index (χ1v) is 7.01. The van der Waals surface area contributed by atoms with E-state index in [0.29, 0.717) is 5.69 Å². The number of nitrogens with one attached hydrogen (secondary N) is 1. The number of hydrogen-bond acceptors (Lipinski definition) is 2.